The number of nitrogens with zero attached hydrogens (tertiary/aromatic N) is 1. The molecule has 110 valence electrons. The maximum atomic E-state index is 12.6. The van der Waals surface area contributed by atoms with E-state index in [0.29, 0.717) is 34.4 Å². The minimum atomic E-state index is -0.144. The number of nitrogens with two attached hydrogens (primary N) is 1. The lowest BCUT2D eigenvalue weighted by Gasteiger charge is -2.22. The summed E-state index contributed by atoms with van der Waals surface area (Å²) < 4.78 is 0. The van der Waals surface area contributed by atoms with Crippen LogP contribution in [0, 0.1) is 0 Å². The Morgan fingerprint density at radius 2 is 1.90 bits per heavy atom. The summed E-state index contributed by atoms with van der Waals surface area (Å²) in [6.45, 7) is 2.96. The van der Waals surface area contributed by atoms with Gasteiger partial charge in [-0.05, 0) is 36.8 Å². The van der Waals surface area contributed by atoms with Crippen LogP contribution < -0.4 is 5.73 Å². The Hall–Kier alpha value is -1.71. The van der Waals surface area contributed by atoms with Crippen molar-refractivity contribution in [1.82, 2.24) is 4.90 Å². The van der Waals surface area contributed by atoms with Gasteiger partial charge in [0.2, 0.25) is 0 Å². The Bertz CT molecular complexity index is 658. The maximum Gasteiger partial charge on any atom is 0.255 e. The van der Waals surface area contributed by atoms with E-state index < -0.39 is 0 Å². The number of benzene rings is 2. The summed E-state index contributed by atoms with van der Waals surface area (Å²) in [5.41, 5.74) is 7.54. The number of hydrogen-bond donors (Lipinski definition) is 1. The van der Waals surface area contributed by atoms with Gasteiger partial charge in [0.05, 0.1) is 16.3 Å². The normalized spacial score (nSPS) is 10.4. The number of amides is 1. The number of hydrogen-bond acceptors (Lipinski definition) is 2. The van der Waals surface area contributed by atoms with Crippen LogP contribution in [0.15, 0.2) is 42.5 Å². The third-order valence-electron chi connectivity index (χ3n) is 3.19. The molecule has 0 saturated heterocycles. The fourth-order valence-corrected chi connectivity index (χ4v) is 2.49. The summed E-state index contributed by atoms with van der Waals surface area (Å²) >= 11 is 12.1. The van der Waals surface area contributed by atoms with Gasteiger partial charge in [-0.2, -0.15) is 0 Å². The zero-order valence-electron chi connectivity index (χ0n) is 11.6. The van der Waals surface area contributed by atoms with E-state index in [9.17, 15) is 4.79 Å². The monoisotopic (exact) mass is 322 g/mol. The zero-order chi connectivity index (χ0) is 15.4. The molecular weight excluding hydrogens is 307 g/mol. The average molecular weight is 323 g/mol. The minimum absolute atomic E-state index is 0.144. The van der Waals surface area contributed by atoms with Crippen molar-refractivity contribution in [3.8, 4) is 0 Å². The first-order chi connectivity index (χ1) is 10.0. The van der Waals surface area contributed by atoms with Crippen LogP contribution in [0.5, 0.6) is 0 Å². The smallest absolute Gasteiger partial charge is 0.255 e. The van der Waals surface area contributed by atoms with Gasteiger partial charge in [-0.15, -0.1) is 0 Å². The molecule has 0 aliphatic heterocycles. The van der Waals surface area contributed by atoms with Crippen LogP contribution in [0.3, 0.4) is 0 Å². The van der Waals surface area contributed by atoms with Crippen molar-refractivity contribution in [3.63, 3.8) is 0 Å². The van der Waals surface area contributed by atoms with Gasteiger partial charge in [0, 0.05) is 18.1 Å². The van der Waals surface area contributed by atoms with Crippen LogP contribution in [-0.4, -0.2) is 17.4 Å². The molecule has 0 aliphatic rings. The molecule has 0 heterocycles. The summed E-state index contributed by atoms with van der Waals surface area (Å²) in [5, 5.41) is 0.949. The second-order valence-electron chi connectivity index (χ2n) is 4.66. The third kappa shape index (κ3) is 3.69. The van der Waals surface area contributed by atoms with Crippen molar-refractivity contribution in [2.45, 2.75) is 13.5 Å². The molecule has 0 radical (unpaired) electrons. The zero-order valence-corrected chi connectivity index (χ0v) is 13.2. The van der Waals surface area contributed by atoms with Gasteiger partial charge in [-0.1, -0.05) is 41.4 Å². The summed E-state index contributed by atoms with van der Waals surface area (Å²) in [5.74, 6) is -0.144. The number of halogens is 2. The molecule has 3 nitrogen and oxygen atoms in total. The highest BCUT2D eigenvalue weighted by atomic mass is 35.5. The first kappa shape index (κ1) is 15.7. The Kier molecular flexibility index (Phi) is 5.10. The summed E-state index contributed by atoms with van der Waals surface area (Å²) in [6, 6.07) is 12.5. The first-order valence-corrected chi connectivity index (χ1v) is 7.36. The predicted octanol–water partition coefficient (Wildman–Crippen LogP) is 4.24. The molecule has 2 rings (SSSR count). The molecule has 0 spiro atoms. The van der Waals surface area contributed by atoms with Gasteiger partial charge >= 0.3 is 0 Å². The van der Waals surface area contributed by atoms with E-state index in [2.05, 4.69) is 0 Å². The lowest BCUT2D eigenvalue weighted by atomic mass is 10.1. The summed E-state index contributed by atoms with van der Waals surface area (Å²) in [4.78, 5) is 14.3. The molecular formula is C16H16Cl2N2O. The number of rotatable bonds is 4. The Morgan fingerprint density at radius 1 is 1.19 bits per heavy atom. The van der Waals surface area contributed by atoms with Gasteiger partial charge in [0.1, 0.15) is 0 Å². The van der Waals surface area contributed by atoms with Crippen molar-refractivity contribution < 1.29 is 4.79 Å². The van der Waals surface area contributed by atoms with Crippen molar-refractivity contribution in [3.05, 3.63) is 63.6 Å². The van der Waals surface area contributed by atoms with Gasteiger partial charge in [0.15, 0.2) is 0 Å². The van der Waals surface area contributed by atoms with Crippen molar-refractivity contribution in [1.29, 1.82) is 0 Å². The number of carbonyl (C=O) groups is 1. The maximum absolute atomic E-state index is 12.6. The topological polar surface area (TPSA) is 46.3 Å². The summed E-state index contributed by atoms with van der Waals surface area (Å²) in [6.07, 6.45) is 0. The van der Waals surface area contributed by atoms with E-state index in [1.54, 1.807) is 29.2 Å². The van der Waals surface area contributed by atoms with Crippen LogP contribution >= 0.6 is 23.2 Å². The molecule has 0 unspecified atom stereocenters. The van der Waals surface area contributed by atoms with Crippen LogP contribution in [0.25, 0.3) is 0 Å². The van der Waals surface area contributed by atoms with E-state index in [0.717, 1.165) is 5.56 Å². The molecule has 0 bridgehead atoms. The lowest BCUT2D eigenvalue weighted by molar-refractivity contribution is 0.0753. The second kappa shape index (κ2) is 6.83. The molecule has 21 heavy (non-hydrogen) atoms. The SMILES string of the molecule is CCN(Cc1cccc(Cl)c1)C(=O)c1cccc(N)c1Cl. The fraction of sp³-hybridized carbons (Fsp3) is 0.188. The van der Waals surface area contributed by atoms with E-state index in [1.165, 1.54) is 0 Å². The Labute approximate surface area is 134 Å². The van der Waals surface area contributed by atoms with Crippen molar-refractivity contribution in [2.24, 2.45) is 0 Å². The van der Waals surface area contributed by atoms with Crippen LogP contribution in [0.1, 0.15) is 22.8 Å². The molecule has 1 amide bonds. The highest BCUT2D eigenvalue weighted by Crippen LogP contribution is 2.25. The minimum Gasteiger partial charge on any atom is -0.398 e. The van der Waals surface area contributed by atoms with E-state index in [-0.39, 0.29) is 5.91 Å². The molecule has 0 fully saturated rings. The predicted molar refractivity (Wildman–Crippen MR) is 87.7 cm³/mol. The van der Waals surface area contributed by atoms with Gasteiger partial charge < -0.3 is 10.6 Å². The molecule has 5 heteroatoms. The van der Waals surface area contributed by atoms with Gasteiger partial charge in [-0.25, -0.2) is 0 Å². The van der Waals surface area contributed by atoms with Crippen molar-refractivity contribution in [2.75, 3.05) is 12.3 Å². The number of anilines is 1. The number of carbonyl (C=O) groups excluding carboxylic acids is 1. The standard InChI is InChI=1S/C16H16Cl2N2O/c1-2-20(10-11-5-3-6-12(17)9-11)16(21)13-7-4-8-14(19)15(13)18/h3-9H,2,10,19H2,1H3. The van der Waals surface area contributed by atoms with Gasteiger partial charge in [0.25, 0.3) is 5.91 Å². The molecule has 0 atom stereocenters. The molecule has 0 aromatic heterocycles. The molecule has 2 N–H and O–H groups in total. The summed E-state index contributed by atoms with van der Waals surface area (Å²) in [7, 11) is 0. The molecule has 0 saturated carbocycles. The van der Waals surface area contributed by atoms with Crippen LogP contribution in [-0.2, 0) is 6.54 Å². The molecule has 2 aromatic carbocycles. The third-order valence-corrected chi connectivity index (χ3v) is 3.85. The van der Waals surface area contributed by atoms with Gasteiger partial charge in [-0.3, -0.25) is 4.79 Å². The molecule has 2 aromatic rings. The quantitative estimate of drug-likeness (QED) is 0.856. The number of nitrogen functional groups attached to an aromatic ring is 1. The molecule has 0 aliphatic carbocycles. The highest BCUT2D eigenvalue weighted by molar-refractivity contribution is 6.36. The average Bonchev–Trinajstić information content (AvgIpc) is 2.47. The van der Waals surface area contributed by atoms with E-state index in [4.69, 9.17) is 28.9 Å². The van der Waals surface area contributed by atoms with E-state index in [1.807, 2.05) is 25.1 Å². The lowest BCUT2D eigenvalue weighted by Crippen LogP contribution is -2.30. The highest BCUT2D eigenvalue weighted by Gasteiger charge is 2.18. The fourth-order valence-electron chi connectivity index (χ4n) is 2.07. The second-order valence-corrected chi connectivity index (χ2v) is 5.47. The van der Waals surface area contributed by atoms with Crippen LogP contribution in [0.4, 0.5) is 5.69 Å². The van der Waals surface area contributed by atoms with E-state index >= 15 is 0 Å². The Morgan fingerprint density at radius 3 is 2.57 bits per heavy atom. The Balaban J connectivity index is 2.25. The van der Waals surface area contributed by atoms with Crippen molar-refractivity contribution >= 4 is 34.8 Å². The first-order valence-electron chi connectivity index (χ1n) is 6.60. The van der Waals surface area contributed by atoms with Crippen LogP contribution in [0.2, 0.25) is 10.0 Å². The largest absolute Gasteiger partial charge is 0.398 e.